The Kier molecular flexibility index (Phi) is 5.77. The van der Waals surface area contributed by atoms with Gasteiger partial charge < -0.3 is 9.88 Å². The van der Waals surface area contributed by atoms with Crippen molar-refractivity contribution in [1.29, 1.82) is 0 Å². The second-order valence-corrected chi connectivity index (χ2v) is 8.82. The summed E-state index contributed by atoms with van der Waals surface area (Å²) in [4.78, 5) is 17.4. The number of rotatable bonds is 8. The molecule has 162 valence electrons. The van der Waals surface area contributed by atoms with Crippen LogP contribution < -0.4 is 5.32 Å². The van der Waals surface area contributed by atoms with Gasteiger partial charge in [-0.3, -0.25) is 9.36 Å². The van der Waals surface area contributed by atoms with E-state index >= 15 is 0 Å². The first-order valence-electron chi connectivity index (χ1n) is 10.7. The molecular weight excluding hydrogens is 420 g/mol. The maximum atomic E-state index is 13.0. The third-order valence-corrected chi connectivity index (χ3v) is 6.43. The van der Waals surface area contributed by atoms with Crippen molar-refractivity contribution in [2.24, 2.45) is 7.05 Å². The molecule has 0 radical (unpaired) electrons. The Morgan fingerprint density at radius 3 is 2.47 bits per heavy atom. The molecule has 8 heteroatoms. The van der Waals surface area contributed by atoms with Crippen molar-refractivity contribution in [1.82, 2.24) is 29.6 Å². The van der Waals surface area contributed by atoms with Crippen LogP contribution in [0.5, 0.6) is 0 Å². The quantitative estimate of drug-likeness (QED) is 0.418. The third kappa shape index (κ3) is 4.31. The molecule has 0 unspecified atom stereocenters. The highest BCUT2D eigenvalue weighted by Crippen LogP contribution is 2.41. The van der Waals surface area contributed by atoms with Crippen molar-refractivity contribution < 1.29 is 4.79 Å². The molecule has 0 spiro atoms. The number of aryl methyl sites for hydroxylation is 1. The first-order valence-corrected chi connectivity index (χ1v) is 11.6. The first-order chi connectivity index (χ1) is 15.7. The van der Waals surface area contributed by atoms with Crippen LogP contribution in [0.25, 0.3) is 5.69 Å². The summed E-state index contributed by atoms with van der Waals surface area (Å²) in [5.74, 6) is 2.38. The van der Waals surface area contributed by atoms with Crippen LogP contribution in [0.4, 0.5) is 0 Å². The number of imidazole rings is 1. The number of nitrogens with zero attached hydrogens (tertiary/aromatic N) is 5. The third-order valence-electron chi connectivity index (χ3n) is 5.50. The fraction of sp³-hybridized carbons (Fsp3) is 0.250. The van der Waals surface area contributed by atoms with E-state index in [0.717, 1.165) is 40.9 Å². The number of hydrogen-bond acceptors (Lipinski definition) is 5. The van der Waals surface area contributed by atoms with E-state index in [1.165, 1.54) is 11.8 Å². The van der Waals surface area contributed by atoms with Gasteiger partial charge in [-0.25, -0.2) is 4.98 Å². The first kappa shape index (κ1) is 20.5. The number of aromatic nitrogens is 5. The Hall–Kier alpha value is -3.39. The number of carbonyl (C=O) groups is 1. The normalized spacial score (nSPS) is 14.3. The number of carbonyl (C=O) groups excluding carboxylic acids is 1. The van der Waals surface area contributed by atoms with Gasteiger partial charge >= 0.3 is 0 Å². The van der Waals surface area contributed by atoms with E-state index in [-0.39, 0.29) is 17.7 Å². The van der Waals surface area contributed by atoms with Crippen LogP contribution in [0, 0.1) is 0 Å². The molecule has 5 rings (SSSR count). The summed E-state index contributed by atoms with van der Waals surface area (Å²) in [5.41, 5.74) is 2.01. The molecule has 1 aliphatic carbocycles. The Morgan fingerprint density at radius 1 is 1.09 bits per heavy atom. The molecule has 1 saturated carbocycles. The standard InChI is InChI=1S/C24H24N6OS/c1-29-15-14-25-23(29)21(17-8-4-2-5-9-17)26-20(31)16-32-24-28-27-22(18-12-13-18)30(24)19-10-6-3-7-11-19/h2-11,14-15,18,21H,12-13,16H2,1H3,(H,26,31)/t21-/m1/s1. The average molecular weight is 445 g/mol. The van der Waals surface area contributed by atoms with E-state index in [1.807, 2.05) is 78.5 Å². The zero-order valence-electron chi connectivity index (χ0n) is 17.8. The molecule has 0 saturated heterocycles. The Balaban J connectivity index is 1.34. The monoisotopic (exact) mass is 444 g/mol. The summed E-state index contributed by atoms with van der Waals surface area (Å²) in [6.45, 7) is 0. The van der Waals surface area contributed by atoms with E-state index in [4.69, 9.17) is 0 Å². The minimum absolute atomic E-state index is 0.0811. The Bertz CT molecular complexity index is 1200. The molecule has 2 aromatic heterocycles. The van der Waals surface area contributed by atoms with Gasteiger partial charge in [-0.05, 0) is 30.5 Å². The highest BCUT2D eigenvalue weighted by molar-refractivity contribution is 7.99. The summed E-state index contributed by atoms with van der Waals surface area (Å²) in [6.07, 6.45) is 5.90. The maximum Gasteiger partial charge on any atom is 0.231 e. The van der Waals surface area contributed by atoms with Gasteiger partial charge in [-0.1, -0.05) is 60.3 Å². The van der Waals surface area contributed by atoms with Crippen LogP contribution >= 0.6 is 11.8 Å². The van der Waals surface area contributed by atoms with E-state index in [1.54, 1.807) is 6.20 Å². The lowest BCUT2D eigenvalue weighted by atomic mass is 10.1. The number of benzene rings is 2. The van der Waals surface area contributed by atoms with Gasteiger partial charge in [0.25, 0.3) is 0 Å². The van der Waals surface area contributed by atoms with Gasteiger partial charge in [0.15, 0.2) is 5.16 Å². The molecule has 0 aliphatic heterocycles. The summed E-state index contributed by atoms with van der Waals surface area (Å²) in [6, 6.07) is 19.7. The van der Waals surface area contributed by atoms with Crippen molar-refractivity contribution in [3.05, 3.63) is 90.3 Å². The van der Waals surface area contributed by atoms with Gasteiger partial charge in [0.05, 0.1) is 5.75 Å². The molecule has 1 amide bonds. The largest absolute Gasteiger partial charge is 0.341 e. The van der Waals surface area contributed by atoms with Crippen molar-refractivity contribution in [2.45, 2.75) is 30.0 Å². The molecule has 1 aliphatic rings. The zero-order chi connectivity index (χ0) is 21.9. The number of nitrogens with one attached hydrogen (secondary N) is 1. The molecular formula is C24H24N6OS. The SMILES string of the molecule is Cn1ccnc1[C@H](NC(=O)CSc1nnc(C2CC2)n1-c1ccccc1)c1ccccc1. The van der Waals surface area contributed by atoms with Crippen molar-refractivity contribution >= 4 is 17.7 Å². The van der Waals surface area contributed by atoms with Gasteiger partial charge in [-0.2, -0.15) is 0 Å². The van der Waals surface area contributed by atoms with E-state index in [9.17, 15) is 4.79 Å². The van der Waals surface area contributed by atoms with Crippen molar-refractivity contribution in [3.63, 3.8) is 0 Å². The summed E-state index contributed by atoms with van der Waals surface area (Å²) < 4.78 is 4.02. The minimum Gasteiger partial charge on any atom is -0.341 e. The highest BCUT2D eigenvalue weighted by atomic mass is 32.2. The number of thioether (sulfide) groups is 1. The maximum absolute atomic E-state index is 13.0. The molecule has 2 aromatic carbocycles. The lowest BCUT2D eigenvalue weighted by Gasteiger charge is -2.19. The topological polar surface area (TPSA) is 77.6 Å². The van der Waals surface area contributed by atoms with E-state index in [2.05, 4.69) is 25.1 Å². The molecule has 4 aromatic rings. The predicted octanol–water partition coefficient (Wildman–Crippen LogP) is 3.88. The number of amides is 1. The van der Waals surface area contributed by atoms with Crippen LogP contribution in [0.15, 0.2) is 78.2 Å². The molecule has 0 bridgehead atoms. The molecule has 7 nitrogen and oxygen atoms in total. The van der Waals surface area contributed by atoms with Crippen molar-refractivity contribution in [2.75, 3.05) is 5.75 Å². The van der Waals surface area contributed by atoms with Crippen LogP contribution in [0.3, 0.4) is 0 Å². The van der Waals surface area contributed by atoms with E-state index < -0.39 is 0 Å². The van der Waals surface area contributed by atoms with Crippen LogP contribution in [-0.4, -0.2) is 36.0 Å². The summed E-state index contributed by atoms with van der Waals surface area (Å²) in [5, 5.41) is 12.7. The highest BCUT2D eigenvalue weighted by Gasteiger charge is 2.31. The van der Waals surface area contributed by atoms with E-state index in [0.29, 0.717) is 5.92 Å². The molecule has 32 heavy (non-hydrogen) atoms. The fourth-order valence-corrected chi connectivity index (χ4v) is 4.50. The van der Waals surface area contributed by atoms with Crippen LogP contribution in [0.1, 0.15) is 42.0 Å². The number of hydrogen-bond donors (Lipinski definition) is 1. The fourth-order valence-electron chi connectivity index (χ4n) is 3.73. The van der Waals surface area contributed by atoms with Gasteiger partial charge in [0, 0.05) is 31.0 Å². The summed E-state index contributed by atoms with van der Waals surface area (Å²) in [7, 11) is 1.93. The molecule has 1 atom stereocenters. The summed E-state index contributed by atoms with van der Waals surface area (Å²) >= 11 is 1.40. The smallest absolute Gasteiger partial charge is 0.231 e. The average Bonchev–Trinajstić information content (AvgIpc) is 3.45. The second kappa shape index (κ2) is 9.00. The lowest BCUT2D eigenvalue weighted by Crippen LogP contribution is -2.32. The minimum atomic E-state index is -0.321. The Labute approximate surface area is 190 Å². The predicted molar refractivity (Wildman–Crippen MR) is 124 cm³/mol. The number of para-hydroxylation sites is 1. The van der Waals surface area contributed by atoms with Crippen LogP contribution in [0.2, 0.25) is 0 Å². The van der Waals surface area contributed by atoms with Gasteiger partial charge in [-0.15, -0.1) is 10.2 Å². The van der Waals surface area contributed by atoms with Gasteiger partial charge in [0.2, 0.25) is 5.91 Å². The van der Waals surface area contributed by atoms with Crippen LogP contribution in [-0.2, 0) is 11.8 Å². The second-order valence-electron chi connectivity index (χ2n) is 7.88. The molecule has 1 N–H and O–H groups in total. The van der Waals surface area contributed by atoms with Crippen molar-refractivity contribution in [3.8, 4) is 5.69 Å². The Morgan fingerprint density at radius 2 is 1.81 bits per heavy atom. The zero-order valence-corrected chi connectivity index (χ0v) is 18.6. The molecule has 1 fully saturated rings. The molecule has 2 heterocycles. The van der Waals surface area contributed by atoms with Gasteiger partial charge in [0.1, 0.15) is 17.7 Å². The lowest BCUT2D eigenvalue weighted by molar-refractivity contribution is -0.119.